The fourth-order valence-electron chi connectivity index (χ4n) is 3.60. The first-order chi connectivity index (χ1) is 16.3. The molecule has 1 N–H and O–H groups in total. The molecule has 0 radical (unpaired) electrons. The lowest BCUT2D eigenvalue weighted by Gasteiger charge is -2.33. The Morgan fingerprint density at radius 2 is 1.69 bits per heavy atom. The van der Waals surface area contributed by atoms with Crippen molar-refractivity contribution in [1.29, 1.82) is 0 Å². The Kier molecular flexibility index (Phi) is 10.3. The molecule has 11 heteroatoms. The molecule has 192 valence electrons. The van der Waals surface area contributed by atoms with Gasteiger partial charge in [-0.15, -0.1) is 0 Å². The van der Waals surface area contributed by atoms with Gasteiger partial charge in [0.2, 0.25) is 21.8 Å². The Morgan fingerprint density at radius 1 is 1.03 bits per heavy atom. The molecule has 0 saturated heterocycles. The maximum Gasteiger partial charge on any atom is 0.244 e. The molecule has 0 aliphatic rings. The Labute approximate surface area is 222 Å². The molecule has 0 heterocycles. The van der Waals surface area contributed by atoms with Gasteiger partial charge < -0.3 is 10.2 Å². The number of carbonyl (C=O) groups excluding carboxylic acids is 2. The summed E-state index contributed by atoms with van der Waals surface area (Å²) in [5, 5.41) is 3.88. The molecule has 2 aromatic carbocycles. The molecule has 0 aliphatic carbocycles. The van der Waals surface area contributed by atoms with Crippen LogP contribution in [0, 0.1) is 6.92 Å². The van der Waals surface area contributed by atoms with Crippen molar-refractivity contribution in [3.63, 3.8) is 0 Å². The smallest absolute Gasteiger partial charge is 0.244 e. The van der Waals surface area contributed by atoms with Gasteiger partial charge in [-0.05, 0) is 62.6 Å². The van der Waals surface area contributed by atoms with Crippen molar-refractivity contribution in [2.45, 2.75) is 52.7 Å². The van der Waals surface area contributed by atoms with Gasteiger partial charge in [-0.1, -0.05) is 53.9 Å². The lowest BCUT2D eigenvalue weighted by Crippen LogP contribution is -2.53. The van der Waals surface area contributed by atoms with E-state index in [0.29, 0.717) is 38.3 Å². The predicted octanol–water partition coefficient (Wildman–Crippen LogP) is 5.05. The van der Waals surface area contributed by atoms with Crippen LogP contribution in [0.15, 0.2) is 36.4 Å². The normalized spacial score (nSPS) is 12.4. The van der Waals surface area contributed by atoms with Gasteiger partial charge in [0.15, 0.2) is 0 Å². The third-order valence-corrected chi connectivity index (χ3v) is 7.62. The van der Waals surface area contributed by atoms with Crippen LogP contribution >= 0.6 is 34.8 Å². The summed E-state index contributed by atoms with van der Waals surface area (Å²) in [7, 11) is -3.85. The van der Waals surface area contributed by atoms with Crippen LogP contribution in [0.3, 0.4) is 0 Å². The number of rotatable bonds is 10. The lowest BCUT2D eigenvalue weighted by atomic mass is 10.1. The van der Waals surface area contributed by atoms with Crippen molar-refractivity contribution in [1.82, 2.24) is 10.2 Å². The summed E-state index contributed by atoms with van der Waals surface area (Å²) in [6.07, 6.45) is 1.34. The zero-order valence-electron chi connectivity index (χ0n) is 20.3. The average molecular weight is 563 g/mol. The van der Waals surface area contributed by atoms with E-state index in [9.17, 15) is 18.0 Å². The van der Waals surface area contributed by atoms with Gasteiger partial charge in [-0.2, -0.15) is 0 Å². The number of sulfonamides is 1. The van der Waals surface area contributed by atoms with Crippen LogP contribution in [-0.4, -0.2) is 50.0 Å². The minimum atomic E-state index is -3.85. The first kappa shape index (κ1) is 29.2. The molecule has 2 amide bonds. The number of benzene rings is 2. The standard InChI is InChI=1S/C24H30Cl3N3O4S/c1-6-21(24(32)28-15(2)3)29(13-17-10-11-19(26)20(27)12-17)23(31)14-30(35(5,33)34)22-9-7-8-18(25)16(22)4/h7-12,15,21H,6,13-14H2,1-5H3,(H,28,32). The van der Waals surface area contributed by atoms with E-state index in [2.05, 4.69) is 5.32 Å². The zero-order valence-corrected chi connectivity index (χ0v) is 23.4. The van der Waals surface area contributed by atoms with Crippen LogP contribution in [0.25, 0.3) is 0 Å². The Bertz CT molecular complexity index is 1190. The van der Waals surface area contributed by atoms with E-state index < -0.39 is 28.5 Å². The highest BCUT2D eigenvalue weighted by Gasteiger charge is 2.32. The van der Waals surface area contributed by atoms with Gasteiger partial charge in [0, 0.05) is 17.6 Å². The Balaban J connectivity index is 2.51. The molecular weight excluding hydrogens is 533 g/mol. The molecule has 35 heavy (non-hydrogen) atoms. The number of anilines is 1. The summed E-state index contributed by atoms with van der Waals surface area (Å²) >= 11 is 18.4. The van der Waals surface area contributed by atoms with E-state index >= 15 is 0 Å². The SMILES string of the molecule is CCC(C(=O)NC(C)C)N(Cc1ccc(Cl)c(Cl)c1)C(=O)CN(c1cccc(Cl)c1C)S(C)(=O)=O. The fourth-order valence-corrected chi connectivity index (χ4v) is 4.99. The van der Waals surface area contributed by atoms with Gasteiger partial charge in [0.25, 0.3) is 0 Å². The summed E-state index contributed by atoms with van der Waals surface area (Å²) in [6, 6.07) is 8.80. The van der Waals surface area contributed by atoms with Crippen molar-refractivity contribution in [3.05, 3.63) is 62.6 Å². The van der Waals surface area contributed by atoms with Gasteiger partial charge in [-0.25, -0.2) is 8.42 Å². The third kappa shape index (κ3) is 7.74. The largest absolute Gasteiger partial charge is 0.352 e. The van der Waals surface area contributed by atoms with Crippen LogP contribution in [0.2, 0.25) is 15.1 Å². The fraction of sp³-hybridized carbons (Fsp3) is 0.417. The number of hydrogen-bond donors (Lipinski definition) is 1. The molecule has 0 saturated carbocycles. The van der Waals surface area contributed by atoms with Gasteiger partial charge in [-0.3, -0.25) is 13.9 Å². The second kappa shape index (κ2) is 12.3. The second-order valence-corrected chi connectivity index (χ2v) is 11.6. The number of nitrogens with one attached hydrogen (secondary N) is 1. The third-order valence-electron chi connectivity index (χ3n) is 5.34. The molecule has 0 aromatic heterocycles. The highest BCUT2D eigenvalue weighted by Crippen LogP contribution is 2.29. The zero-order chi connectivity index (χ0) is 26.5. The number of hydrogen-bond acceptors (Lipinski definition) is 4. The molecule has 2 aromatic rings. The van der Waals surface area contributed by atoms with E-state index in [-0.39, 0.29) is 18.5 Å². The summed E-state index contributed by atoms with van der Waals surface area (Å²) in [4.78, 5) is 28.0. The number of nitrogens with zero attached hydrogens (tertiary/aromatic N) is 2. The highest BCUT2D eigenvalue weighted by molar-refractivity contribution is 7.92. The Hall–Kier alpha value is -2.00. The monoisotopic (exact) mass is 561 g/mol. The van der Waals surface area contributed by atoms with Crippen LogP contribution in [0.5, 0.6) is 0 Å². The van der Waals surface area contributed by atoms with E-state index in [1.165, 1.54) is 4.90 Å². The highest BCUT2D eigenvalue weighted by atomic mass is 35.5. The van der Waals surface area contributed by atoms with Crippen LogP contribution in [0.4, 0.5) is 5.69 Å². The minimum Gasteiger partial charge on any atom is -0.352 e. The molecular formula is C24H30Cl3N3O4S. The van der Waals surface area contributed by atoms with E-state index in [1.54, 1.807) is 50.2 Å². The second-order valence-electron chi connectivity index (χ2n) is 8.51. The summed E-state index contributed by atoms with van der Waals surface area (Å²) < 4.78 is 26.4. The number of amides is 2. The molecule has 0 spiro atoms. The van der Waals surface area contributed by atoms with Crippen molar-refractivity contribution in [2.75, 3.05) is 17.1 Å². The van der Waals surface area contributed by atoms with Crippen molar-refractivity contribution in [2.24, 2.45) is 0 Å². The van der Waals surface area contributed by atoms with Crippen LogP contribution < -0.4 is 9.62 Å². The molecule has 1 atom stereocenters. The summed E-state index contributed by atoms with van der Waals surface area (Å²) in [5.41, 5.74) is 1.46. The Morgan fingerprint density at radius 3 is 2.23 bits per heavy atom. The lowest BCUT2D eigenvalue weighted by molar-refractivity contribution is -0.140. The van der Waals surface area contributed by atoms with Crippen LogP contribution in [-0.2, 0) is 26.2 Å². The van der Waals surface area contributed by atoms with Crippen LogP contribution in [0.1, 0.15) is 38.3 Å². The summed E-state index contributed by atoms with van der Waals surface area (Å²) in [6.45, 7) is 6.64. The van der Waals surface area contributed by atoms with E-state index in [0.717, 1.165) is 10.6 Å². The molecule has 2 rings (SSSR count). The van der Waals surface area contributed by atoms with Gasteiger partial charge in [0.1, 0.15) is 12.6 Å². The maximum atomic E-state index is 13.7. The van der Waals surface area contributed by atoms with Crippen molar-refractivity contribution < 1.29 is 18.0 Å². The molecule has 7 nitrogen and oxygen atoms in total. The van der Waals surface area contributed by atoms with Gasteiger partial charge in [0.05, 0.1) is 22.0 Å². The van der Waals surface area contributed by atoms with Crippen molar-refractivity contribution >= 4 is 62.3 Å². The van der Waals surface area contributed by atoms with Crippen molar-refractivity contribution in [3.8, 4) is 0 Å². The molecule has 0 bridgehead atoms. The van der Waals surface area contributed by atoms with Gasteiger partial charge >= 0.3 is 0 Å². The predicted molar refractivity (Wildman–Crippen MR) is 143 cm³/mol. The molecule has 1 unspecified atom stereocenters. The first-order valence-corrected chi connectivity index (χ1v) is 14.0. The minimum absolute atomic E-state index is 0.0336. The summed E-state index contributed by atoms with van der Waals surface area (Å²) in [5.74, 6) is -0.882. The quantitative estimate of drug-likeness (QED) is 0.439. The van der Waals surface area contributed by atoms with E-state index in [4.69, 9.17) is 34.8 Å². The van der Waals surface area contributed by atoms with E-state index in [1.807, 2.05) is 13.8 Å². The number of halogens is 3. The topological polar surface area (TPSA) is 86.8 Å². The molecule has 0 fully saturated rings. The average Bonchev–Trinajstić information content (AvgIpc) is 2.75. The maximum absolute atomic E-state index is 13.7. The number of carbonyl (C=O) groups is 2. The molecule has 0 aliphatic heterocycles. The first-order valence-electron chi connectivity index (χ1n) is 11.0.